The molecule has 2 aromatic carbocycles. The molecular weight excluding hydrogens is 399 g/mol. The molecule has 0 aliphatic rings. The summed E-state index contributed by atoms with van der Waals surface area (Å²) in [6.45, 7) is 0. The molecule has 0 fully saturated rings. The minimum atomic E-state index is 0.241. The van der Waals surface area contributed by atoms with Crippen molar-refractivity contribution in [3.05, 3.63) is 68.1 Å². The first-order chi connectivity index (χ1) is 8.58. The van der Waals surface area contributed by atoms with Crippen LogP contribution in [0.2, 0.25) is 10.0 Å². The molecular formula is C14H10Br2Cl2. The van der Waals surface area contributed by atoms with Gasteiger partial charge in [0, 0.05) is 9.30 Å². The Kier molecular flexibility index (Phi) is 5.14. The molecule has 1 unspecified atom stereocenters. The molecule has 0 aliphatic heterocycles. The van der Waals surface area contributed by atoms with Gasteiger partial charge in [0.2, 0.25) is 0 Å². The van der Waals surface area contributed by atoms with Gasteiger partial charge in [-0.05, 0) is 35.7 Å². The lowest BCUT2D eigenvalue weighted by molar-refractivity contribution is 0.943. The van der Waals surface area contributed by atoms with E-state index in [0.29, 0.717) is 10.0 Å². The fourth-order valence-corrected chi connectivity index (χ4v) is 3.67. The average molecular weight is 409 g/mol. The molecule has 0 N–H and O–H groups in total. The van der Waals surface area contributed by atoms with Crippen molar-refractivity contribution in [1.82, 2.24) is 0 Å². The van der Waals surface area contributed by atoms with E-state index in [1.165, 1.54) is 5.56 Å². The van der Waals surface area contributed by atoms with Gasteiger partial charge in [-0.1, -0.05) is 79.3 Å². The van der Waals surface area contributed by atoms with Crippen molar-refractivity contribution in [2.75, 3.05) is 0 Å². The molecule has 2 rings (SSSR count). The zero-order valence-corrected chi connectivity index (χ0v) is 14.0. The molecule has 0 saturated carbocycles. The van der Waals surface area contributed by atoms with E-state index in [2.05, 4.69) is 37.9 Å². The van der Waals surface area contributed by atoms with E-state index in [1.54, 1.807) is 0 Å². The molecule has 0 nitrogen and oxygen atoms in total. The Morgan fingerprint density at radius 1 is 1.00 bits per heavy atom. The van der Waals surface area contributed by atoms with Gasteiger partial charge in [-0.25, -0.2) is 0 Å². The van der Waals surface area contributed by atoms with E-state index in [4.69, 9.17) is 23.2 Å². The number of alkyl halides is 1. The number of halogens is 4. The first-order valence-corrected chi connectivity index (χ1v) is 7.87. The minimum absolute atomic E-state index is 0.241. The molecule has 18 heavy (non-hydrogen) atoms. The summed E-state index contributed by atoms with van der Waals surface area (Å²) in [4.78, 5) is 0.241. The van der Waals surface area contributed by atoms with E-state index in [-0.39, 0.29) is 4.83 Å². The van der Waals surface area contributed by atoms with Crippen LogP contribution in [0.3, 0.4) is 0 Å². The average Bonchev–Trinajstić information content (AvgIpc) is 2.34. The van der Waals surface area contributed by atoms with Gasteiger partial charge in [-0.2, -0.15) is 0 Å². The second-order valence-corrected chi connectivity index (χ2v) is 6.72. The van der Waals surface area contributed by atoms with E-state index >= 15 is 0 Å². The summed E-state index contributed by atoms with van der Waals surface area (Å²) in [5, 5.41) is 1.19. The zero-order chi connectivity index (χ0) is 13.1. The largest absolute Gasteiger partial charge is 0.0835 e. The normalized spacial score (nSPS) is 12.4. The van der Waals surface area contributed by atoms with Gasteiger partial charge >= 0.3 is 0 Å². The van der Waals surface area contributed by atoms with Crippen LogP contribution in [-0.4, -0.2) is 0 Å². The van der Waals surface area contributed by atoms with E-state index < -0.39 is 0 Å². The lowest BCUT2D eigenvalue weighted by Crippen LogP contribution is -1.96. The Labute approximate surface area is 134 Å². The molecule has 0 aromatic heterocycles. The van der Waals surface area contributed by atoms with Crippen LogP contribution in [0.15, 0.2) is 46.9 Å². The lowest BCUT2D eigenvalue weighted by Gasteiger charge is -2.12. The standard InChI is InChI=1S/C14H10Br2Cl2/c15-11-4-2-1-3-10(11)12(16)7-9-5-6-13(17)14(18)8-9/h1-6,8,12H,7H2. The van der Waals surface area contributed by atoms with Gasteiger partial charge in [0.25, 0.3) is 0 Å². The van der Waals surface area contributed by atoms with Gasteiger partial charge < -0.3 is 0 Å². The van der Waals surface area contributed by atoms with Gasteiger partial charge in [0.1, 0.15) is 0 Å². The fraction of sp³-hybridized carbons (Fsp3) is 0.143. The zero-order valence-electron chi connectivity index (χ0n) is 9.34. The molecule has 0 aliphatic carbocycles. The fourth-order valence-electron chi connectivity index (χ4n) is 1.71. The van der Waals surface area contributed by atoms with Gasteiger partial charge in [-0.3, -0.25) is 0 Å². The number of hydrogen-bond donors (Lipinski definition) is 0. The Hall–Kier alpha value is -0.0200. The number of benzene rings is 2. The molecule has 0 amide bonds. The predicted molar refractivity (Wildman–Crippen MR) is 86.0 cm³/mol. The minimum Gasteiger partial charge on any atom is -0.0835 e. The van der Waals surface area contributed by atoms with Crippen molar-refractivity contribution in [1.29, 1.82) is 0 Å². The molecule has 0 saturated heterocycles. The highest BCUT2D eigenvalue weighted by atomic mass is 79.9. The highest BCUT2D eigenvalue weighted by Gasteiger charge is 2.12. The maximum atomic E-state index is 6.02. The highest BCUT2D eigenvalue weighted by molar-refractivity contribution is 9.11. The Balaban J connectivity index is 2.19. The molecule has 94 valence electrons. The van der Waals surface area contributed by atoms with Crippen LogP contribution in [0.5, 0.6) is 0 Å². The van der Waals surface area contributed by atoms with Crippen molar-refractivity contribution in [3.8, 4) is 0 Å². The smallest absolute Gasteiger partial charge is 0.0595 e. The quantitative estimate of drug-likeness (QED) is 0.513. The Bertz CT molecular complexity index is 555. The summed E-state index contributed by atoms with van der Waals surface area (Å²) in [5.41, 5.74) is 2.38. The third-order valence-corrected chi connectivity index (χ3v) is 4.92. The SMILES string of the molecule is Clc1ccc(CC(Br)c2ccccc2Br)cc1Cl. The predicted octanol–water partition coefficient (Wildman–Crippen LogP) is 6.43. The van der Waals surface area contributed by atoms with Crippen LogP contribution < -0.4 is 0 Å². The monoisotopic (exact) mass is 406 g/mol. The Morgan fingerprint density at radius 3 is 2.39 bits per heavy atom. The van der Waals surface area contributed by atoms with Crippen LogP contribution in [0.4, 0.5) is 0 Å². The molecule has 4 heteroatoms. The second kappa shape index (κ2) is 6.42. The summed E-state index contributed by atoms with van der Waals surface area (Å²) >= 11 is 19.2. The summed E-state index contributed by atoms with van der Waals surface area (Å²) in [7, 11) is 0. The molecule has 1 atom stereocenters. The van der Waals surface area contributed by atoms with Crippen LogP contribution in [-0.2, 0) is 6.42 Å². The summed E-state index contributed by atoms with van der Waals surface area (Å²) in [6, 6.07) is 13.9. The highest BCUT2D eigenvalue weighted by Crippen LogP contribution is 2.33. The van der Waals surface area contributed by atoms with Crippen molar-refractivity contribution in [3.63, 3.8) is 0 Å². The lowest BCUT2D eigenvalue weighted by atomic mass is 10.0. The summed E-state index contributed by atoms with van der Waals surface area (Å²) in [5.74, 6) is 0. The van der Waals surface area contributed by atoms with Crippen molar-refractivity contribution in [2.45, 2.75) is 11.2 Å². The first kappa shape index (κ1) is 14.4. The molecule has 0 bridgehead atoms. The summed E-state index contributed by atoms with van der Waals surface area (Å²) < 4.78 is 1.10. The van der Waals surface area contributed by atoms with Crippen LogP contribution >= 0.6 is 55.1 Å². The molecule has 2 aromatic rings. The van der Waals surface area contributed by atoms with Crippen LogP contribution in [0.25, 0.3) is 0 Å². The van der Waals surface area contributed by atoms with Gasteiger partial charge in [0.05, 0.1) is 10.0 Å². The van der Waals surface area contributed by atoms with E-state index in [9.17, 15) is 0 Å². The topological polar surface area (TPSA) is 0 Å². The van der Waals surface area contributed by atoms with Crippen molar-refractivity contribution >= 4 is 55.1 Å². The van der Waals surface area contributed by atoms with Gasteiger partial charge in [0.15, 0.2) is 0 Å². The van der Waals surface area contributed by atoms with E-state index in [1.807, 2.05) is 36.4 Å². The molecule has 0 spiro atoms. The van der Waals surface area contributed by atoms with E-state index in [0.717, 1.165) is 16.5 Å². The van der Waals surface area contributed by atoms with Crippen molar-refractivity contribution in [2.24, 2.45) is 0 Å². The van der Waals surface area contributed by atoms with Crippen LogP contribution in [0.1, 0.15) is 16.0 Å². The Morgan fingerprint density at radius 2 is 1.72 bits per heavy atom. The van der Waals surface area contributed by atoms with Crippen LogP contribution in [0, 0.1) is 0 Å². The summed E-state index contributed by atoms with van der Waals surface area (Å²) in [6.07, 6.45) is 0.861. The second-order valence-electron chi connectivity index (χ2n) is 3.94. The maximum absolute atomic E-state index is 6.02. The number of hydrogen-bond acceptors (Lipinski definition) is 0. The number of rotatable bonds is 3. The first-order valence-electron chi connectivity index (χ1n) is 5.40. The van der Waals surface area contributed by atoms with Crippen molar-refractivity contribution < 1.29 is 0 Å². The van der Waals surface area contributed by atoms with Gasteiger partial charge in [-0.15, -0.1) is 0 Å². The third-order valence-electron chi connectivity index (χ3n) is 2.64. The molecule has 0 heterocycles. The maximum Gasteiger partial charge on any atom is 0.0595 e. The third kappa shape index (κ3) is 3.51. The molecule has 0 radical (unpaired) electrons.